The Balaban J connectivity index is 1.51. The van der Waals surface area contributed by atoms with Crippen molar-refractivity contribution < 1.29 is 4.79 Å². The lowest BCUT2D eigenvalue weighted by Gasteiger charge is -2.57. The van der Waals surface area contributed by atoms with E-state index in [1.165, 1.54) is 44.9 Å². The SMILES string of the molecule is O=C1CNCCC1CC12CC3CC(CC(C3)C1)C2. The Labute approximate surface area is 110 Å². The molecule has 1 N–H and O–H groups in total. The molecule has 1 saturated heterocycles. The molecule has 5 rings (SSSR count). The van der Waals surface area contributed by atoms with Gasteiger partial charge in [0, 0.05) is 5.92 Å². The highest BCUT2D eigenvalue weighted by Gasteiger charge is 2.51. The van der Waals surface area contributed by atoms with E-state index in [0.717, 1.165) is 30.7 Å². The van der Waals surface area contributed by atoms with Gasteiger partial charge in [-0.1, -0.05) is 0 Å². The molecule has 1 aliphatic heterocycles. The number of piperidine rings is 1. The maximum atomic E-state index is 12.1. The van der Waals surface area contributed by atoms with Crippen molar-refractivity contribution in [3.05, 3.63) is 0 Å². The van der Waals surface area contributed by atoms with Crippen molar-refractivity contribution in [3.63, 3.8) is 0 Å². The Morgan fingerprint density at radius 2 is 1.67 bits per heavy atom. The van der Waals surface area contributed by atoms with Gasteiger partial charge in [-0.2, -0.15) is 0 Å². The van der Waals surface area contributed by atoms with Gasteiger partial charge < -0.3 is 5.32 Å². The molecular weight excluding hydrogens is 222 g/mol. The Morgan fingerprint density at radius 3 is 2.22 bits per heavy atom. The predicted octanol–water partition coefficient (Wildman–Crippen LogP) is 2.77. The standard InChI is InChI=1S/C16H25NO/c18-15-10-17-2-1-14(15)9-16-6-11-3-12(7-16)5-13(4-11)8-16/h11-14,17H,1-10H2. The van der Waals surface area contributed by atoms with Gasteiger partial charge in [0.2, 0.25) is 0 Å². The Hall–Kier alpha value is -0.370. The molecule has 0 amide bonds. The molecule has 5 aliphatic rings. The van der Waals surface area contributed by atoms with Crippen LogP contribution >= 0.6 is 0 Å². The van der Waals surface area contributed by atoms with Gasteiger partial charge in [-0.3, -0.25) is 4.79 Å². The van der Waals surface area contributed by atoms with E-state index < -0.39 is 0 Å². The number of Topliss-reactive ketones (excluding diaryl/α,β-unsaturated/α-hetero) is 1. The second kappa shape index (κ2) is 4.06. The van der Waals surface area contributed by atoms with Crippen LogP contribution in [-0.4, -0.2) is 18.9 Å². The van der Waals surface area contributed by atoms with Crippen LogP contribution in [0.3, 0.4) is 0 Å². The highest BCUT2D eigenvalue weighted by atomic mass is 16.1. The molecule has 5 fully saturated rings. The van der Waals surface area contributed by atoms with Gasteiger partial charge in [-0.05, 0) is 81.1 Å². The number of carbonyl (C=O) groups excluding carboxylic acids is 1. The Kier molecular flexibility index (Phi) is 2.58. The van der Waals surface area contributed by atoms with Crippen LogP contribution in [0.25, 0.3) is 0 Å². The van der Waals surface area contributed by atoms with Crippen molar-refractivity contribution in [2.45, 2.75) is 51.4 Å². The van der Waals surface area contributed by atoms with Gasteiger partial charge in [-0.25, -0.2) is 0 Å². The summed E-state index contributed by atoms with van der Waals surface area (Å²) in [6, 6.07) is 0. The van der Waals surface area contributed by atoms with Crippen LogP contribution in [-0.2, 0) is 4.79 Å². The topological polar surface area (TPSA) is 29.1 Å². The zero-order chi connectivity index (χ0) is 12.2. The van der Waals surface area contributed by atoms with Gasteiger partial charge in [0.05, 0.1) is 6.54 Å². The molecule has 0 aromatic carbocycles. The first kappa shape index (κ1) is 11.5. The largest absolute Gasteiger partial charge is 0.310 e. The second-order valence-corrected chi connectivity index (χ2v) is 7.75. The number of ketones is 1. The smallest absolute Gasteiger partial charge is 0.149 e. The van der Waals surface area contributed by atoms with E-state index in [0.29, 0.717) is 23.7 Å². The van der Waals surface area contributed by atoms with Crippen LogP contribution in [0.4, 0.5) is 0 Å². The minimum absolute atomic E-state index is 0.391. The number of hydrogen-bond acceptors (Lipinski definition) is 2. The molecule has 1 heterocycles. The van der Waals surface area contributed by atoms with Crippen LogP contribution in [0.1, 0.15) is 51.4 Å². The van der Waals surface area contributed by atoms with Crippen LogP contribution in [0, 0.1) is 29.1 Å². The van der Waals surface area contributed by atoms with Gasteiger partial charge in [0.25, 0.3) is 0 Å². The van der Waals surface area contributed by atoms with Crippen molar-refractivity contribution in [1.29, 1.82) is 0 Å². The summed E-state index contributed by atoms with van der Waals surface area (Å²) in [5, 5.41) is 3.22. The quantitative estimate of drug-likeness (QED) is 0.813. The lowest BCUT2D eigenvalue weighted by molar-refractivity contribution is -0.127. The van der Waals surface area contributed by atoms with Crippen molar-refractivity contribution in [1.82, 2.24) is 5.32 Å². The first-order valence-corrected chi connectivity index (χ1v) is 7.96. The van der Waals surface area contributed by atoms with Crippen LogP contribution < -0.4 is 5.32 Å². The summed E-state index contributed by atoms with van der Waals surface area (Å²) in [7, 11) is 0. The average Bonchev–Trinajstić information content (AvgIpc) is 2.30. The van der Waals surface area contributed by atoms with E-state index in [-0.39, 0.29) is 0 Å². The zero-order valence-corrected chi connectivity index (χ0v) is 11.3. The molecule has 4 bridgehead atoms. The van der Waals surface area contributed by atoms with E-state index in [1.54, 1.807) is 0 Å². The predicted molar refractivity (Wildman–Crippen MR) is 71.2 cm³/mol. The van der Waals surface area contributed by atoms with E-state index in [4.69, 9.17) is 0 Å². The molecule has 0 aromatic rings. The number of nitrogens with one attached hydrogen (secondary N) is 1. The molecule has 0 aromatic heterocycles. The molecule has 0 spiro atoms. The fourth-order valence-corrected chi connectivity index (χ4v) is 6.07. The van der Waals surface area contributed by atoms with Gasteiger partial charge in [-0.15, -0.1) is 0 Å². The van der Waals surface area contributed by atoms with Crippen molar-refractivity contribution in [2.24, 2.45) is 29.1 Å². The minimum atomic E-state index is 0.391. The number of rotatable bonds is 2. The van der Waals surface area contributed by atoms with Crippen LogP contribution in [0.5, 0.6) is 0 Å². The third-order valence-electron chi connectivity index (χ3n) is 6.27. The van der Waals surface area contributed by atoms with Crippen molar-refractivity contribution >= 4 is 5.78 Å². The maximum Gasteiger partial charge on any atom is 0.149 e. The summed E-state index contributed by atoms with van der Waals surface area (Å²) in [5.41, 5.74) is 0.590. The van der Waals surface area contributed by atoms with Crippen LogP contribution in [0.15, 0.2) is 0 Å². The lowest BCUT2D eigenvalue weighted by Crippen LogP contribution is -2.48. The monoisotopic (exact) mass is 247 g/mol. The Morgan fingerprint density at radius 1 is 1.06 bits per heavy atom. The third-order valence-corrected chi connectivity index (χ3v) is 6.27. The summed E-state index contributed by atoms with van der Waals surface area (Å²) in [6.45, 7) is 1.69. The average molecular weight is 247 g/mol. The second-order valence-electron chi connectivity index (χ2n) is 7.75. The first-order chi connectivity index (χ1) is 8.72. The normalized spacial score (nSPS) is 50.8. The van der Waals surface area contributed by atoms with Gasteiger partial charge in [0.15, 0.2) is 0 Å². The molecule has 100 valence electrons. The Bertz CT molecular complexity index is 327. The highest BCUT2D eigenvalue weighted by molar-refractivity contribution is 5.83. The molecular formula is C16H25NO. The minimum Gasteiger partial charge on any atom is -0.310 e. The van der Waals surface area contributed by atoms with E-state index in [1.807, 2.05) is 0 Å². The molecule has 1 unspecified atom stereocenters. The van der Waals surface area contributed by atoms with Crippen LogP contribution in [0.2, 0.25) is 0 Å². The summed E-state index contributed by atoms with van der Waals surface area (Å²) < 4.78 is 0. The van der Waals surface area contributed by atoms with Gasteiger partial charge >= 0.3 is 0 Å². The summed E-state index contributed by atoms with van der Waals surface area (Å²) in [4.78, 5) is 12.1. The fourth-order valence-electron chi connectivity index (χ4n) is 6.07. The fraction of sp³-hybridized carbons (Fsp3) is 0.938. The summed E-state index contributed by atoms with van der Waals surface area (Å²) >= 11 is 0. The zero-order valence-electron chi connectivity index (χ0n) is 11.3. The highest BCUT2D eigenvalue weighted by Crippen LogP contribution is 2.62. The van der Waals surface area contributed by atoms with E-state index in [2.05, 4.69) is 5.32 Å². The summed E-state index contributed by atoms with van der Waals surface area (Å²) in [6.07, 6.45) is 11.2. The number of carbonyl (C=O) groups is 1. The number of hydrogen-bond donors (Lipinski definition) is 1. The molecule has 2 nitrogen and oxygen atoms in total. The van der Waals surface area contributed by atoms with Crippen molar-refractivity contribution in [2.75, 3.05) is 13.1 Å². The maximum absolute atomic E-state index is 12.1. The molecule has 4 saturated carbocycles. The molecule has 0 radical (unpaired) electrons. The molecule has 2 heteroatoms. The summed E-state index contributed by atoms with van der Waals surface area (Å²) in [5.74, 6) is 3.95. The lowest BCUT2D eigenvalue weighted by atomic mass is 9.48. The molecule has 4 aliphatic carbocycles. The first-order valence-electron chi connectivity index (χ1n) is 7.96. The van der Waals surface area contributed by atoms with Crippen molar-refractivity contribution in [3.8, 4) is 0 Å². The van der Waals surface area contributed by atoms with Gasteiger partial charge in [0.1, 0.15) is 5.78 Å². The van der Waals surface area contributed by atoms with E-state index in [9.17, 15) is 4.79 Å². The molecule has 18 heavy (non-hydrogen) atoms. The van der Waals surface area contributed by atoms with E-state index >= 15 is 0 Å². The third kappa shape index (κ3) is 1.84. The molecule has 1 atom stereocenters.